The molecule has 0 spiro atoms. The number of likely N-dealkylation sites (N-methyl/N-ethyl adjacent to an activating group) is 1. The van der Waals surface area contributed by atoms with Gasteiger partial charge in [0.1, 0.15) is 0 Å². The van der Waals surface area contributed by atoms with E-state index < -0.39 is 0 Å². The van der Waals surface area contributed by atoms with E-state index in [9.17, 15) is 0 Å². The van der Waals surface area contributed by atoms with Crippen LogP contribution in [0.5, 0.6) is 0 Å². The molecule has 104 valence electrons. The van der Waals surface area contributed by atoms with E-state index in [-0.39, 0.29) is 12.0 Å². The smallest absolute Gasteiger partial charge is 0.186 e. The zero-order valence-corrected chi connectivity index (χ0v) is 11.8. The van der Waals surface area contributed by atoms with Gasteiger partial charge in [0, 0.05) is 12.7 Å². The number of para-hydroxylation sites is 1. The van der Waals surface area contributed by atoms with Crippen molar-refractivity contribution in [1.82, 2.24) is 0 Å². The molecule has 4 nitrogen and oxygen atoms in total. The summed E-state index contributed by atoms with van der Waals surface area (Å²) in [6, 6.07) is 9.09. The Morgan fingerprint density at radius 3 is 2.79 bits per heavy atom. The Morgan fingerprint density at radius 1 is 1.42 bits per heavy atom. The van der Waals surface area contributed by atoms with Crippen molar-refractivity contribution in [3.8, 4) is 0 Å². The molecule has 0 aliphatic carbocycles. The van der Waals surface area contributed by atoms with E-state index in [1.807, 2.05) is 0 Å². The second-order valence-corrected chi connectivity index (χ2v) is 5.27. The van der Waals surface area contributed by atoms with Crippen molar-refractivity contribution in [1.29, 1.82) is 0 Å². The van der Waals surface area contributed by atoms with E-state index in [0.717, 1.165) is 19.3 Å². The summed E-state index contributed by atoms with van der Waals surface area (Å²) in [6.45, 7) is 2.19. The van der Waals surface area contributed by atoms with Crippen LogP contribution in [0, 0.1) is 0 Å². The van der Waals surface area contributed by atoms with Crippen molar-refractivity contribution < 1.29 is 0 Å². The molecule has 4 N–H and O–H groups in total. The van der Waals surface area contributed by atoms with Gasteiger partial charge in [0.2, 0.25) is 0 Å². The maximum atomic E-state index is 5.59. The van der Waals surface area contributed by atoms with E-state index in [0.29, 0.717) is 6.04 Å². The second-order valence-electron chi connectivity index (χ2n) is 5.27. The van der Waals surface area contributed by atoms with Crippen molar-refractivity contribution in [3.05, 3.63) is 29.8 Å². The Morgan fingerprint density at radius 2 is 2.16 bits per heavy atom. The third kappa shape index (κ3) is 3.00. The highest BCUT2D eigenvalue weighted by Crippen LogP contribution is 2.33. The van der Waals surface area contributed by atoms with Crippen molar-refractivity contribution >= 4 is 11.6 Å². The van der Waals surface area contributed by atoms with Crippen LogP contribution >= 0.6 is 0 Å². The van der Waals surface area contributed by atoms with Gasteiger partial charge in [-0.3, -0.25) is 0 Å². The van der Waals surface area contributed by atoms with Crippen molar-refractivity contribution in [3.63, 3.8) is 0 Å². The van der Waals surface area contributed by atoms with Gasteiger partial charge < -0.3 is 16.4 Å². The summed E-state index contributed by atoms with van der Waals surface area (Å²) in [5.74, 6) is 0.199. The minimum atomic E-state index is 0.183. The summed E-state index contributed by atoms with van der Waals surface area (Å²) < 4.78 is 0. The number of nitrogens with two attached hydrogens (primary N) is 2. The van der Waals surface area contributed by atoms with Crippen LogP contribution in [0.4, 0.5) is 5.69 Å². The van der Waals surface area contributed by atoms with Gasteiger partial charge in [0.15, 0.2) is 5.96 Å². The van der Waals surface area contributed by atoms with Gasteiger partial charge in [-0.2, -0.15) is 0 Å². The molecule has 4 heteroatoms. The summed E-state index contributed by atoms with van der Waals surface area (Å²) in [5, 5.41) is 0. The fourth-order valence-corrected chi connectivity index (χ4v) is 2.91. The van der Waals surface area contributed by atoms with Gasteiger partial charge in [-0.05, 0) is 24.5 Å². The van der Waals surface area contributed by atoms with Crippen LogP contribution in [0.3, 0.4) is 0 Å². The van der Waals surface area contributed by atoms with Crippen molar-refractivity contribution in [2.75, 3.05) is 11.9 Å². The third-order valence-corrected chi connectivity index (χ3v) is 3.91. The Labute approximate surface area is 115 Å². The van der Waals surface area contributed by atoms with Gasteiger partial charge in [0.25, 0.3) is 0 Å². The Hall–Kier alpha value is -1.71. The highest BCUT2D eigenvalue weighted by Gasteiger charge is 2.32. The zero-order valence-electron chi connectivity index (χ0n) is 11.8. The minimum Gasteiger partial charge on any atom is -0.370 e. The average molecular weight is 260 g/mol. The lowest BCUT2D eigenvalue weighted by molar-refractivity contribution is 0.478. The molecule has 0 saturated heterocycles. The van der Waals surface area contributed by atoms with Crippen LogP contribution in [0.1, 0.15) is 31.7 Å². The van der Waals surface area contributed by atoms with Crippen LogP contribution in [-0.4, -0.2) is 25.1 Å². The first-order chi connectivity index (χ1) is 9.13. The minimum absolute atomic E-state index is 0.183. The number of rotatable bonds is 5. The summed E-state index contributed by atoms with van der Waals surface area (Å²) in [5.41, 5.74) is 13.9. The first-order valence-electron chi connectivity index (χ1n) is 7.03. The quantitative estimate of drug-likeness (QED) is 0.627. The first-order valence-corrected chi connectivity index (χ1v) is 7.03. The molecule has 0 amide bonds. The van der Waals surface area contributed by atoms with Crippen molar-refractivity contribution in [2.45, 2.75) is 44.7 Å². The molecule has 1 heterocycles. The number of guanidine groups is 1. The SMILES string of the molecule is CCCCC(N=C(N)N)C1Cc2ccccc2N1C. The zero-order chi connectivity index (χ0) is 13.8. The molecule has 1 aliphatic heterocycles. The Bertz CT molecular complexity index is 451. The summed E-state index contributed by atoms with van der Waals surface area (Å²) in [7, 11) is 2.14. The van der Waals surface area contributed by atoms with Crippen LogP contribution in [0.15, 0.2) is 29.3 Å². The lowest BCUT2D eigenvalue weighted by Crippen LogP contribution is -2.40. The molecule has 19 heavy (non-hydrogen) atoms. The number of aliphatic imine (C=N–C) groups is 1. The summed E-state index contributed by atoms with van der Waals surface area (Å²) in [4.78, 5) is 6.78. The monoisotopic (exact) mass is 260 g/mol. The molecule has 1 aromatic carbocycles. The molecule has 1 aliphatic rings. The van der Waals surface area contributed by atoms with Crippen molar-refractivity contribution in [2.24, 2.45) is 16.5 Å². The van der Waals surface area contributed by atoms with Gasteiger partial charge >= 0.3 is 0 Å². The van der Waals surface area contributed by atoms with Gasteiger partial charge in [-0.15, -0.1) is 0 Å². The third-order valence-electron chi connectivity index (χ3n) is 3.91. The molecule has 1 aromatic rings. The van der Waals surface area contributed by atoms with Crippen LogP contribution in [-0.2, 0) is 6.42 Å². The van der Waals surface area contributed by atoms with Crippen LogP contribution < -0.4 is 16.4 Å². The maximum Gasteiger partial charge on any atom is 0.186 e. The van der Waals surface area contributed by atoms with E-state index in [1.165, 1.54) is 17.7 Å². The highest BCUT2D eigenvalue weighted by atomic mass is 15.2. The lowest BCUT2D eigenvalue weighted by atomic mass is 9.99. The van der Waals surface area contributed by atoms with E-state index in [4.69, 9.17) is 11.5 Å². The molecule has 2 rings (SSSR count). The highest BCUT2D eigenvalue weighted by molar-refractivity contribution is 5.76. The number of unbranched alkanes of at least 4 members (excludes halogenated alkanes) is 1. The number of benzene rings is 1. The summed E-state index contributed by atoms with van der Waals surface area (Å²) in [6.07, 6.45) is 4.39. The van der Waals surface area contributed by atoms with Gasteiger partial charge in [-0.25, -0.2) is 4.99 Å². The second kappa shape index (κ2) is 5.95. The van der Waals surface area contributed by atoms with Crippen LogP contribution in [0.25, 0.3) is 0 Å². The van der Waals surface area contributed by atoms with Gasteiger partial charge in [0.05, 0.1) is 12.1 Å². The largest absolute Gasteiger partial charge is 0.370 e. The molecule has 2 unspecified atom stereocenters. The molecular formula is C15H24N4. The standard InChI is InChI=1S/C15H24N4/c1-3-4-8-12(18-15(16)17)14-10-11-7-5-6-9-13(11)19(14)2/h5-7,9,12,14H,3-4,8,10H2,1-2H3,(H4,16,17,18). The fraction of sp³-hybridized carbons (Fsp3) is 0.533. The van der Waals surface area contributed by atoms with E-state index in [2.05, 4.69) is 48.1 Å². The number of anilines is 1. The van der Waals surface area contributed by atoms with Gasteiger partial charge in [-0.1, -0.05) is 38.0 Å². The molecule has 0 aromatic heterocycles. The van der Waals surface area contributed by atoms with Crippen LogP contribution in [0.2, 0.25) is 0 Å². The topological polar surface area (TPSA) is 67.6 Å². The average Bonchev–Trinajstić information content (AvgIpc) is 2.72. The number of fused-ring (bicyclic) bond motifs is 1. The molecule has 0 fully saturated rings. The normalized spacial score (nSPS) is 19.1. The van der Waals surface area contributed by atoms with E-state index in [1.54, 1.807) is 0 Å². The maximum absolute atomic E-state index is 5.59. The first kappa shape index (κ1) is 13.7. The predicted molar refractivity (Wildman–Crippen MR) is 81.5 cm³/mol. The molecule has 0 saturated carbocycles. The molecule has 2 atom stereocenters. The number of hydrogen-bond donors (Lipinski definition) is 2. The molecule has 0 bridgehead atoms. The Kier molecular flexibility index (Phi) is 4.30. The molecular weight excluding hydrogens is 236 g/mol. The van der Waals surface area contributed by atoms with E-state index >= 15 is 0 Å². The molecule has 0 radical (unpaired) electrons. The predicted octanol–water partition coefficient (Wildman–Crippen LogP) is 1.88. The Balaban J connectivity index is 2.18. The summed E-state index contributed by atoms with van der Waals surface area (Å²) >= 11 is 0. The fourth-order valence-electron chi connectivity index (χ4n) is 2.91. The number of hydrogen-bond acceptors (Lipinski definition) is 2. The lowest BCUT2D eigenvalue weighted by Gasteiger charge is -2.28. The number of nitrogens with zero attached hydrogens (tertiary/aromatic N) is 2.